The summed E-state index contributed by atoms with van der Waals surface area (Å²) in [6, 6.07) is 14.6. The molecule has 3 N–H and O–H groups in total. The van der Waals surface area contributed by atoms with Gasteiger partial charge in [0.1, 0.15) is 5.75 Å². The molecular formula is C17H19ClN2O. The predicted molar refractivity (Wildman–Crippen MR) is 90.3 cm³/mol. The Morgan fingerprint density at radius 2 is 1.90 bits per heavy atom. The molecule has 0 bridgehead atoms. The van der Waals surface area contributed by atoms with Crippen LogP contribution in [0.15, 0.2) is 48.7 Å². The Bertz CT molecular complexity index is 736. The Labute approximate surface area is 130 Å². The van der Waals surface area contributed by atoms with Crippen molar-refractivity contribution >= 4 is 23.3 Å². The topological polar surface area (TPSA) is 51.0 Å². The first-order valence-electron chi connectivity index (χ1n) is 6.76. The van der Waals surface area contributed by atoms with Crippen molar-refractivity contribution in [3.8, 4) is 16.9 Å². The van der Waals surface area contributed by atoms with Crippen LogP contribution in [0.25, 0.3) is 22.0 Å². The Balaban J connectivity index is 0.00000161. The standard InChI is InChI=1S/C17H18N2O.ClH/c1-20-15-4-2-3-12(9-15)13-5-6-17-16(10-13)14(7-8-18)11-19-17;/h2-6,9-11,19H,7-8,18H2,1H3;1H. The summed E-state index contributed by atoms with van der Waals surface area (Å²) in [5.74, 6) is 0.874. The van der Waals surface area contributed by atoms with Crippen LogP contribution in [0.5, 0.6) is 5.75 Å². The Morgan fingerprint density at radius 1 is 1.10 bits per heavy atom. The molecule has 110 valence electrons. The molecule has 0 radical (unpaired) electrons. The fourth-order valence-electron chi connectivity index (χ4n) is 2.52. The number of methoxy groups -OCH3 is 1. The molecule has 0 spiro atoms. The number of H-pyrrole nitrogens is 1. The van der Waals surface area contributed by atoms with Crippen LogP contribution in [-0.4, -0.2) is 18.6 Å². The van der Waals surface area contributed by atoms with Gasteiger partial charge in [-0.15, -0.1) is 12.4 Å². The minimum absolute atomic E-state index is 0. The molecule has 4 heteroatoms. The summed E-state index contributed by atoms with van der Waals surface area (Å²) in [6.07, 6.45) is 2.94. The highest BCUT2D eigenvalue weighted by molar-refractivity contribution is 5.88. The van der Waals surface area contributed by atoms with Crippen molar-refractivity contribution in [2.75, 3.05) is 13.7 Å². The minimum atomic E-state index is 0. The number of hydrogen-bond acceptors (Lipinski definition) is 2. The molecule has 0 fully saturated rings. The quantitative estimate of drug-likeness (QED) is 0.771. The van der Waals surface area contributed by atoms with Crippen molar-refractivity contribution in [1.82, 2.24) is 4.98 Å². The second-order valence-electron chi connectivity index (χ2n) is 4.84. The van der Waals surface area contributed by atoms with Gasteiger partial charge in [0.15, 0.2) is 0 Å². The Morgan fingerprint density at radius 3 is 2.67 bits per heavy atom. The van der Waals surface area contributed by atoms with Crippen molar-refractivity contribution in [3.63, 3.8) is 0 Å². The first-order valence-corrected chi connectivity index (χ1v) is 6.76. The van der Waals surface area contributed by atoms with Crippen LogP contribution in [0.4, 0.5) is 0 Å². The van der Waals surface area contributed by atoms with Gasteiger partial charge in [-0.2, -0.15) is 0 Å². The van der Waals surface area contributed by atoms with E-state index in [1.54, 1.807) is 7.11 Å². The summed E-state index contributed by atoms with van der Waals surface area (Å²) in [7, 11) is 1.69. The van der Waals surface area contributed by atoms with E-state index in [0.717, 1.165) is 23.3 Å². The van der Waals surface area contributed by atoms with E-state index in [-0.39, 0.29) is 12.4 Å². The van der Waals surface area contributed by atoms with Crippen LogP contribution in [-0.2, 0) is 6.42 Å². The maximum absolute atomic E-state index is 5.67. The van der Waals surface area contributed by atoms with Crippen LogP contribution in [0.3, 0.4) is 0 Å². The van der Waals surface area contributed by atoms with E-state index in [9.17, 15) is 0 Å². The van der Waals surface area contributed by atoms with Crippen molar-refractivity contribution in [1.29, 1.82) is 0 Å². The van der Waals surface area contributed by atoms with E-state index in [2.05, 4.69) is 35.3 Å². The molecule has 21 heavy (non-hydrogen) atoms. The van der Waals surface area contributed by atoms with Crippen molar-refractivity contribution in [2.45, 2.75) is 6.42 Å². The van der Waals surface area contributed by atoms with Crippen molar-refractivity contribution < 1.29 is 4.74 Å². The Kier molecular flexibility index (Phi) is 4.89. The number of aromatic amines is 1. The third kappa shape index (κ3) is 3.04. The van der Waals surface area contributed by atoms with Crippen molar-refractivity contribution in [3.05, 3.63) is 54.2 Å². The van der Waals surface area contributed by atoms with E-state index in [4.69, 9.17) is 10.5 Å². The summed E-state index contributed by atoms with van der Waals surface area (Å²) >= 11 is 0. The lowest BCUT2D eigenvalue weighted by molar-refractivity contribution is 0.415. The monoisotopic (exact) mass is 302 g/mol. The zero-order valence-electron chi connectivity index (χ0n) is 11.9. The van der Waals surface area contributed by atoms with E-state index in [1.165, 1.54) is 16.5 Å². The molecule has 3 aromatic rings. The van der Waals surface area contributed by atoms with Gasteiger partial charge in [-0.1, -0.05) is 18.2 Å². The molecule has 0 saturated carbocycles. The van der Waals surface area contributed by atoms with E-state index >= 15 is 0 Å². The van der Waals surface area contributed by atoms with Gasteiger partial charge in [-0.25, -0.2) is 0 Å². The average Bonchev–Trinajstić information content (AvgIpc) is 2.90. The molecular weight excluding hydrogens is 284 g/mol. The second-order valence-corrected chi connectivity index (χ2v) is 4.84. The van der Waals surface area contributed by atoms with E-state index < -0.39 is 0 Å². The molecule has 3 nitrogen and oxygen atoms in total. The predicted octanol–water partition coefficient (Wildman–Crippen LogP) is 3.77. The SMILES string of the molecule is COc1cccc(-c2ccc3[nH]cc(CCN)c3c2)c1.Cl. The first kappa shape index (κ1) is 15.4. The average molecular weight is 303 g/mol. The molecule has 2 aromatic carbocycles. The highest BCUT2D eigenvalue weighted by atomic mass is 35.5. The summed E-state index contributed by atoms with van der Waals surface area (Å²) < 4.78 is 5.29. The van der Waals surface area contributed by atoms with Gasteiger partial charge in [0.05, 0.1) is 7.11 Å². The molecule has 0 aliphatic carbocycles. The van der Waals surface area contributed by atoms with Gasteiger partial charge in [0, 0.05) is 17.1 Å². The van der Waals surface area contributed by atoms with Gasteiger partial charge in [-0.05, 0) is 53.9 Å². The maximum Gasteiger partial charge on any atom is 0.119 e. The lowest BCUT2D eigenvalue weighted by Gasteiger charge is -2.06. The minimum Gasteiger partial charge on any atom is -0.497 e. The number of benzene rings is 2. The van der Waals surface area contributed by atoms with Crippen LogP contribution < -0.4 is 10.5 Å². The smallest absolute Gasteiger partial charge is 0.119 e. The maximum atomic E-state index is 5.67. The summed E-state index contributed by atoms with van der Waals surface area (Å²) in [6.45, 7) is 0.663. The van der Waals surface area contributed by atoms with Crippen LogP contribution in [0.2, 0.25) is 0 Å². The Hall–Kier alpha value is -1.97. The lowest BCUT2D eigenvalue weighted by atomic mass is 10.0. The molecule has 0 saturated heterocycles. The molecule has 0 aliphatic rings. The highest BCUT2D eigenvalue weighted by Crippen LogP contribution is 2.28. The third-order valence-electron chi connectivity index (χ3n) is 3.58. The number of ether oxygens (including phenoxy) is 1. The van der Waals surface area contributed by atoms with Gasteiger partial charge in [0.2, 0.25) is 0 Å². The largest absolute Gasteiger partial charge is 0.497 e. The van der Waals surface area contributed by atoms with E-state index in [0.29, 0.717) is 6.54 Å². The van der Waals surface area contributed by atoms with Crippen molar-refractivity contribution in [2.24, 2.45) is 5.73 Å². The fourth-order valence-corrected chi connectivity index (χ4v) is 2.52. The summed E-state index contributed by atoms with van der Waals surface area (Å²) in [4.78, 5) is 3.29. The number of aromatic nitrogens is 1. The van der Waals surface area contributed by atoms with Crippen LogP contribution >= 0.6 is 12.4 Å². The number of halogens is 1. The summed E-state index contributed by atoms with van der Waals surface area (Å²) in [5, 5.41) is 1.25. The number of fused-ring (bicyclic) bond motifs is 1. The molecule has 0 atom stereocenters. The molecule has 0 unspecified atom stereocenters. The highest BCUT2D eigenvalue weighted by Gasteiger charge is 2.06. The van der Waals surface area contributed by atoms with Gasteiger partial charge in [0.25, 0.3) is 0 Å². The molecule has 0 aliphatic heterocycles. The number of nitrogens with two attached hydrogens (primary N) is 1. The zero-order chi connectivity index (χ0) is 13.9. The van der Waals surface area contributed by atoms with Gasteiger partial charge >= 0.3 is 0 Å². The van der Waals surface area contributed by atoms with Crippen LogP contribution in [0, 0.1) is 0 Å². The molecule has 1 heterocycles. The van der Waals surface area contributed by atoms with Crippen LogP contribution in [0.1, 0.15) is 5.56 Å². The van der Waals surface area contributed by atoms with E-state index in [1.807, 2.05) is 18.3 Å². The number of nitrogens with one attached hydrogen (secondary N) is 1. The van der Waals surface area contributed by atoms with Gasteiger partial charge < -0.3 is 15.5 Å². The normalized spacial score (nSPS) is 10.4. The first-order chi connectivity index (χ1) is 9.81. The summed E-state index contributed by atoms with van der Waals surface area (Å²) in [5.41, 5.74) is 10.4. The zero-order valence-corrected chi connectivity index (χ0v) is 12.7. The molecule has 1 aromatic heterocycles. The number of hydrogen-bond donors (Lipinski definition) is 2. The fraction of sp³-hybridized carbons (Fsp3) is 0.176. The molecule has 0 amide bonds. The lowest BCUT2D eigenvalue weighted by Crippen LogP contribution is -2.01. The molecule has 3 rings (SSSR count). The number of rotatable bonds is 4. The second kappa shape index (κ2) is 6.66. The third-order valence-corrected chi connectivity index (χ3v) is 3.58. The van der Waals surface area contributed by atoms with Gasteiger partial charge in [-0.3, -0.25) is 0 Å².